The summed E-state index contributed by atoms with van der Waals surface area (Å²) in [6.45, 7) is 0. The van der Waals surface area contributed by atoms with E-state index in [-0.39, 0.29) is 6.04 Å². The van der Waals surface area contributed by atoms with Gasteiger partial charge in [0.1, 0.15) is 5.84 Å². The van der Waals surface area contributed by atoms with E-state index >= 15 is 0 Å². The number of para-hydroxylation sites is 3. The second-order valence-corrected chi connectivity index (χ2v) is 15.2. The number of aromatic nitrogens is 2. The number of fused-ring (bicyclic) bond motifs is 9. The van der Waals surface area contributed by atoms with E-state index in [1.54, 1.807) is 0 Å². The number of hydrogen-bond donors (Lipinski definition) is 1. The molecule has 2 aromatic heterocycles. The molecule has 0 saturated heterocycles. The number of nitrogens with one attached hydrogen (secondary N) is 1. The third kappa shape index (κ3) is 5.05. The van der Waals surface area contributed by atoms with Gasteiger partial charge in [-0.05, 0) is 88.0 Å². The van der Waals surface area contributed by atoms with Crippen molar-refractivity contribution in [1.82, 2.24) is 14.5 Å². The Morgan fingerprint density at radius 1 is 0.414 bits per heavy atom. The van der Waals surface area contributed by atoms with Crippen LogP contribution in [0.4, 0.5) is 0 Å². The van der Waals surface area contributed by atoms with Crippen LogP contribution in [0.2, 0.25) is 0 Å². The molecule has 0 radical (unpaired) electrons. The van der Waals surface area contributed by atoms with Crippen molar-refractivity contribution in [3.63, 3.8) is 0 Å². The summed E-state index contributed by atoms with van der Waals surface area (Å²) in [7, 11) is 0. The maximum Gasteiger partial charge on any atom is 0.134 e. The summed E-state index contributed by atoms with van der Waals surface area (Å²) in [5, 5.41) is 13.7. The highest BCUT2D eigenvalue weighted by Crippen LogP contribution is 2.43. The van der Waals surface area contributed by atoms with Crippen molar-refractivity contribution in [2.75, 3.05) is 0 Å². The van der Waals surface area contributed by atoms with E-state index in [2.05, 4.69) is 221 Å². The predicted octanol–water partition coefficient (Wildman–Crippen LogP) is 13.3. The summed E-state index contributed by atoms with van der Waals surface area (Å²) in [6, 6.07) is 72.2. The van der Waals surface area contributed by atoms with E-state index in [0.29, 0.717) is 0 Å². The highest BCUT2D eigenvalue weighted by molar-refractivity contribution is 6.29. The standard InChI is InChI=1S/C54H36N4/c1-3-16-36(17-4-1)45-34-46(39-28-27-35-15-7-8-18-37(35)31-39)56-54(55-45)40-32-38-19-9-10-22-42(38)51(33-40)58-48-26-14-12-24-44(48)53-50(58)30-29-49-52(53)43-23-11-13-25-47(43)57(49)41-20-5-2-6-21-41/h1-34,46H,(H,55,56). The van der Waals surface area contributed by atoms with Gasteiger partial charge in [0.25, 0.3) is 0 Å². The van der Waals surface area contributed by atoms with Crippen LogP contribution in [0, 0.1) is 0 Å². The number of aliphatic imine (C=N–C) groups is 1. The molecule has 0 spiro atoms. The van der Waals surface area contributed by atoms with Gasteiger partial charge in [0.2, 0.25) is 0 Å². The third-order valence-electron chi connectivity index (χ3n) is 11.9. The van der Waals surface area contributed by atoms with Gasteiger partial charge in [-0.1, -0.05) is 146 Å². The van der Waals surface area contributed by atoms with Crippen molar-refractivity contribution < 1.29 is 0 Å². The second-order valence-electron chi connectivity index (χ2n) is 15.2. The number of benzene rings is 9. The number of amidine groups is 1. The van der Waals surface area contributed by atoms with E-state index in [9.17, 15) is 0 Å². The Morgan fingerprint density at radius 3 is 1.74 bits per heavy atom. The van der Waals surface area contributed by atoms with Gasteiger partial charge >= 0.3 is 0 Å². The Balaban J connectivity index is 1.11. The van der Waals surface area contributed by atoms with Crippen LogP contribution in [0.5, 0.6) is 0 Å². The topological polar surface area (TPSA) is 34.2 Å². The van der Waals surface area contributed by atoms with Crippen molar-refractivity contribution in [3.8, 4) is 11.4 Å². The molecule has 0 fully saturated rings. The van der Waals surface area contributed by atoms with Crippen molar-refractivity contribution in [1.29, 1.82) is 0 Å². The molecule has 272 valence electrons. The predicted molar refractivity (Wildman–Crippen MR) is 243 cm³/mol. The lowest BCUT2D eigenvalue weighted by Gasteiger charge is -2.25. The van der Waals surface area contributed by atoms with Gasteiger partial charge < -0.3 is 14.5 Å². The summed E-state index contributed by atoms with van der Waals surface area (Å²) < 4.78 is 4.88. The van der Waals surface area contributed by atoms with Crippen LogP contribution < -0.4 is 5.32 Å². The first kappa shape index (κ1) is 32.5. The molecule has 0 aliphatic carbocycles. The maximum atomic E-state index is 5.38. The average molecular weight is 741 g/mol. The number of nitrogens with zero attached hydrogens (tertiary/aromatic N) is 3. The molecule has 1 unspecified atom stereocenters. The molecule has 1 aliphatic heterocycles. The van der Waals surface area contributed by atoms with Gasteiger partial charge in [0, 0.05) is 38.2 Å². The molecular formula is C54H36N4. The normalized spacial score (nSPS) is 14.4. The first-order valence-electron chi connectivity index (χ1n) is 19.9. The van der Waals surface area contributed by atoms with Crippen molar-refractivity contribution in [2.45, 2.75) is 6.04 Å². The van der Waals surface area contributed by atoms with Crippen LogP contribution >= 0.6 is 0 Å². The van der Waals surface area contributed by atoms with Gasteiger partial charge in [-0.2, -0.15) is 0 Å². The zero-order chi connectivity index (χ0) is 38.2. The van der Waals surface area contributed by atoms with Gasteiger partial charge in [0.15, 0.2) is 0 Å². The molecule has 3 heterocycles. The lowest BCUT2D eigenvalue weighted by atomic mass is 9.97. The smallest absolute Gasteiger partial charge is 0.134 e. The molecule has 0 bridgehead atoms. The van der Waals surface area contributed by atoms with E-state index < -0.39 is 0 Å². The molecule has 9 aromatic carbocycles. The minimum absolute atomic E-state index is 0.0781. The molecule has 0 amide bonds. The zero-order valence-corrected chi connectivity index (χ0v) is 31.5. The largest absolute Gasteiger partial charge is 0.359 e. The fraction of sp³-hybridized carbons (Fsp3) is 0.0185. The third-order valence-corrected chi connectivity index (χ3v) is 11.9. The van der Waals surface area contributed by atoms with Crippen LogP contribution in [0.3, 0.4) is 0 Å². The summed E-state index contributed by atoms with van der Waals surface area (Å²) in [5.74, 6) is 0.848. The van der Waals surface area contributed by atoms with Crippen LogP contribution in [0.15, 0.2) is 211 Å². The minimum atomic E-state index is -0.0781. The highest BCUT2D eigenvalue weighted by atomic mass is 15.1. The Hall–Kier alpha value is -7.69. The summed E-state index contributed by atoms with van der Waals surface area (Å²) in [6.07, 6.45) is 2.26. The van der Waals surface area contributed by atoms with Gasteiger partial charge in [0.05, 0.1) is 39.5 Å². The molecule has 12 rings (SSSR count). The lowest BCUT2D eigenvalue weighted by molar-refractivity contribution is 0.782. The molecule has 58 heavy (non-hydrogen) atoms. The second kappa shape index (κ2) is 12.9. The molecular weight excluding hydrogens is 705 g/mol. The molecule has 4 nitrogen and oxygen atoms in total. The Labute approximate surface area is 335 Å². The fourth-order valence-corrected chi connectivity index (χ4v) is 9.28. The Morgan fingerprint density at radius 2 is 1.00 bits per heavy atom. The fourth-order valence-electron chi connectivity index (χ4n) is 9.28. The van der Waals surface area contributed by atoms with Crippen molar-refractivity contribution >= 4 is 76.7 Å². The van der Waals surface area contributed by atoms with Crippen LogP contribution in [-0.4, -0.2) is 15.0 Å². The SMILES string of the molecule is C1=C(c2ccccc2)N=C(c2cc(-n3c4ccccc4c4c5c6ccccc6n(-c6ccccc6)c5ccc43)c3ccccc3c2)NC1c1ccc2ccccc2c1. The monoisotopic (exact) mass is 740 g/mol. The molecule has 1 aliphatic rings. The van der Waals surface area contributed by atoms with Crippen LogP contribution in [-0.2, 0) is 0 Å². The summed E-state index contributed by atoms with van der Waals surface area (Å²) in [4.78, 5) is 5.38. The molecule has 4 heteroatoms. The molecule has 1 atom stereocenters. The zero-order valence-electron chi connectivity index (χ0n) is 31.5. The Bertz CT molecular complexity index is 3480. The van der Waals surface area contributed by atoms with E-state index in [1.807, 2.05) is 0 Å². The van der Waals surface area contributed by atoms with E-state index in [4.69, 9.17) is 4.99 Å². The average Bonchev–Trinajstić information content (AvgIpc) is 3.82. The maximum absolute atomic E-state index is 5.38. The van der Waals surface area contributed by atoms with E-state index in [0.717, 1.165) is 39.4 Å². The molecule has 11 aromatic rings. The summed E-state index contributed by atoms with van der Waals surface area (Å²) in [5.41, 5.74) is 11.3. The van der Waals surface area contributed by atoms with Crippen LogP contribution in [0.1, 0.15) is 22.7 Å². The van der Waals surface area contributed by atoms with Gasteiger partial charge in [-0.15, -0.1) is 0 Å². The first-order chi connectivity index (χ1) is 28.8. The van der Waals surface area contributed by atoms with Crippen LogP contribution in [0.25, 0.3) is 82.2 Å². The first-order valence-corrected chi connectivity index (χ1v) is 19.9. The minimum Gasteiger partial charge on any atom is -0.359 e. The van der Waals surface area contributed by atoms with Gasteiger partial charge in [-0.25, -0.2) is 4.99 Å². The number of hydrogen-bond acceptors (Lipinski definition) is 2. The van der Waals surface area contributed by atoms with Crippen molar-refractivity contribution in [3.05, 3.63) is 223 Å². The summed E-state index contributed by atoms with van der Waals surface area (Å²) >= 11 is 0. The van der Waals surface area contributed by atoms with E-state index in [1.165, 1.54) is 65.3 Å². The molecule has 1 N–H and O–H groups in total. The quantitative estimate of drug-likeness (QED) is 0.187. The lowest BCUT2D eigenvalue weighted by Crippen LogP contribution is -2.31. The van der Waals surface area contributed by atoms with Crippen molar-refractivity contribution in [2.24, 2.45) is 4.99 Å². The Kier molecular flexibility index (Phi) is 7.26. The van der Waals surface area contributed by atoms with Gasteiger partial charge in [-0.3, -0.25) is 0 Å². The number of rotatable bonds is 5. The highest BCUT2D eigenvalue weighted by Gasteiger charge is 2.24. The molecule has 0 saturated carbocycles.